The van der Waals surface area contributed by atoms with E-state index in [1.165, 1.54) is 0 Å². The molecule has 0 aromatic heterocycles. The minimum atomic E-state index is 0.216. The highest BCUT2D eigenvalue weighted by atomic mass is 16.1. The zero-order chi connectivity index (χ0) is 9.40. The maximum Gasteiger partial charge on any atom is 0.207 e. The van der Waals surface area contributed by atoms with Gasteiger partial charge in [0.1, 0.15) is 0 Å². The molecule has 0 aliphatic carbocycles. The Hall–Kier alpha value is -0.930. The van der Waals surface area contributed by atoms with E-state index in [4.69, 9.17) is 5.53 Å². The van der Waals surface area contributed by atoms with Gasteiger partial charge in [-0.3, -0.25) is 4.79 Å². The van der Waals surface area contributed by atoms with Crippen molar-refractivity contribution in [1.29, 1.82) is 5.53 Å². The predicted octanol–water partition coefficient (Wildman–Crippen LogP) is 1.57. The Morgan fingerprint density at radius 1 is 1.58 bits per heavy atom. The second-order valence-corrected chi connectivity index (χ2v) is 3.07. The van der Waals surface area contributed by atoms with Gasteiger partial charge in [-0.05, 0) is 25.7 Å². The zero-order valence-electron chi connectivity index (χ0n) is 7.71. The molecule has 0 bridgehead atoms. The molecule has 0 spiro atoms. The van der Waals surface area contributed by atoms with Crippen molar-refractivity contribution in [3.63, 3.8) is 0 Å². The molecule has 0 aromatic rings. The number of carbonyl (C=O) groups excluding carboxylic acids is 1. The quantitative estimate of drug-likeness (QED) is 0.341. The van der Waals surface area contributed by atoms with E-state index in [-0.39, 0.29) is 6.04 Å². The van der Waals surface area contributed by atoms with Crippen molar-refractivity contribution in [3.8, 4) is 0 Å². The maximum absolute atomic E-state index is 10.1. The van der Waals surface area contributed by atoms with Gasteiger partial charge in [-0.25, -0.2) is 5.53 Å². The fraction of sp³-hybridized carbons (Fsp3) is 0.875. The first-order valence-electron chi connectivity index (χ1n) is 4.25. The maximum atomic E-state index is 10.1. The van der Waals surface area contributed by atoms with Crippen LogP contribution in [0.25, 0.3) is 0 Å². The van der Waals surface area contributed by atoms with E-state index >= 15 is 0 Å². The van der Waals surface area contributed by atoms with E-state index < -0.39 is 0 Å². The fourth-order valence-electron chi connectivity index (χ4n) is 1.01. The summed E-state index contributed by atoms with van der Waals surface area (Å²) in [7, 11) is 0. The largest absolute Gasteiger partial charge is 0.356 e. The van der Waals surface area contributed by atoms with Crippen LogP contribution in [-0.2, 0) is 4.79 Å². The van der Waals surface area contributed by atoms with Gasteiger partial charge in [0.2, 0.25) is 6.41 Å². The van der Waals surface area contributed by atoms with Crippen LogP contribution in [0.1, 0.15) is 26.7 Å². The number of rotatable bonds is 7. The van der Waals surface area contributed by atoms with Crippen LogP contribution >= 0.6 is 0 Å². The summed E-state index contributed by atoms with van der Waals surface area (Å²) in [5.41, 5.74) is 6.59. The highest BCUT2D eigenvalue weighted by molar-refractivity contribution is 5.46. The molecule has 12 heavy (non-hydrogen) atoms. The van der Waals surface area contributed by atoms with Gasteiger partial charge in [0.05, 0.1) is 6.54 Å². The van der Waals surface area contributed by atoms with Gasteiger partial charge < -0.3 is 5.32 Å². The van der Waals surface area contributed by atoms with Gasteiger partial charge >= 0.3 is 0 Å². The predicted molar refractivity (Wildman–Crippen MR) is 47.1 cm³/mol. The standard InChI is InChI=1S/C8H17N3O/c1-7(4-3-5-11-9)8(2)10-6-12/h6-9H,3-5H2,1-2H3,(H,10,12)/t7-,8?/m0/s1. The van der Waals surface area contributed by atoms with Gasteiger partial charge in [-0.2, -0.15) is 5.11 Å². The van der Waals surface area contributed by atoms with Gasteiger partial charge in [0.25, 0.3) is 0 Å². The minimum absolute atomic E-state index is 0.216. The second kappa shape index (κ2) is 6.76. The monoisotopic (exact) mass is 171 g/mol. The molecule has 0 saturated heterocycles. The molecule has 0 rings (SSSR count). The van der Waals surface area contributed by atoms with Crippen LogP contribution < -0.4 is 5.32 Å². The van der Waals surface area contributed by atoms with Crippen molar-refractivity contribution in [1.82, 2.24) is 5.32 Å². The van der Waals surface area contributed by atoms with Gasteiger partial charge in [0, 0.05) is 6.04 Å². The molecule has 0 heterocycles. The minimum Gasteiger partial charge on any atom is -0.356 e. The third-order valence-corrected chi connectivity index (χ3v) is 2.11. The Morgan fingerprint density at radius 3 is 2.75 bits per heavy atom. The average molecular weight is 171 g/mol. The molecule has 2 N–H and O–H groups in total. The molecule has 0 fully saturated rings. The Balaban J connectivity index is 3.47. The summed E-state index contributed by atoms with van der Waals surface area (Å²) in [6.45, 7) is 4.67. The lowest BCUT2D eigenvalue weighted by atomic mass is 9.98. The zero-order valence-corrected chi connectivity index (χ0v) is 7.71. The van der Waals surface area contributed by atoms with Crippen LogP contribution in [0.2, 0.25) is 0 Å². The van der Waals surface area contributed by atoms with E-state index in [1.54, 1.807) is 0 Å². The first-order chi connectivity index (χ1) is 5.72. The van der Waals surface area contributed by atoms with Crippen molar-refractivity contribution < 1.29 is 4.79 Å². The summed E-state index contributed by atoms with van der Waals surface area (Å²) in [5.74, 6) is 0.456. The molecule has 1 unspecified atom stereocenters. The van der Waals surface area contributed by atoms with E-state index in [1.807, 2.05) is 6.92 Å². The Bertz CT molecular complexity index is 138. The number of hydrogen-bond acceptors (Lipinski definition) is 3. The third kappa shape index (κ3) is 4.82. The van der Waals surface area contributed by atoms with Gasteiger partial charge in [-0.15, -0.1) is 0 Å². The molecule has 0 aromatic carbocycles. The van der Waals surface area contributed by atoms with Crippen molar-refractivity contribution in [2.24, 2.45) is 11.0 Å². The lowest BCUT2D eigenvalue weighted by Crippen LogP contribution is -2.30. The number of nitrogens with one attached hydrogen (secondary N) is 2. The highest BCUT2D eigenvalue weighted by Crippen LogP contribution is 2.09. The van der Waals surface area contributed by atoms with Crippen molar-refractivity contribution in [2.45, 2.75) is 32.7 Å². The average Bonchev–Trinajstić information content (AvgIpc) is 2.05. The van der Waals surface area contributed by atoms with Crippen LogP contribution in [0.3, 0.4) is 0 Å². The van der Waals surface area contributed by atoms with E-state index in [0.717, 1.165) is 19.3 Å². The first kappa shape index (κ1) is 11.1. The Labute approximate surface area is 73.2 Å². The number of nitrogens with zero attached hydrogens (tertiary/aromatic N) is 1. The van der Waals surface area contributed by atoms with Crippen molar-refractivity contribution in [2.75, 3.05) is 6.54 Å². The molecular weight excluding hydrogens is 154 g/mol. The van der Waals surface area contributed by atoms with Crippen molar-refractivity contribution >= 4 is 6.41 Å². The molecule has 4 heteroatoms. The summed E-state index contributed by atoms with van der Waals surface area (Å²) in [5, 5.41) is 5.99. The lowest BCUT2D eigenvalue weighted by molar-refractivity contribution is -0.110. The van der Waals surface area contributed by atoms with Crippen LogP contribution in [0, 0.1) is 11.4 Å². The molecule has 2 atom stereocenters. The summed E-state index contributed by atoms with van der Waals surface area (Å²) in [4.78, 5) is 10.1. The topological polar surface area (TPSA) is 65.3 Å². The number of carbonyl (C=O) groups is 1. The third-order valence-electron chi connectivity index (χ3n) is 2.11. The second-order valence-electron chi connectivity index (χ2n) is 3.07. The van der Waals surface area contributed by atoms with Crippen LogP contribution in [-0.4, -0.2) is 19.0 Å². The van der Waals surface area contributed by atoms with Gasteiger partial charge in [0.15, 0.2) is 0 Å². The van der Waals surface area contributed by atoms with E-state index in [0.29, 0.717) is 12.5 Å². The van der Waals surface area contributed by atoms with E-state index in [2.05, 4.69) is 17.4 Å². The molecule has 0 aliphatic rings. The van der Waals surface area contributed by atoms with Crippen molar-refractivity contribution in [3.05, 3.63) is 0 Å². The molecule has 1 amide bonds. The Morgan fingerprint density at radius 2 is 2.25 bits per heavy atom. The smallest absolute Gasteiger partial charge is 0.207 e. The van der Waals surface area contributed by atoms with Crippen LogP contribution in [0.5, 0.6) is 0 Å². The molecule has 0 radical (unpaired) electrons. The summed E-state index contributed by atoms with van der Waals surface area (Å²) in [6.07, 6.45) is 2.66. The summed E-state index contributed by atoms with van der Waals surface area (Å²) in [6, 6.07) is 0.216. The SMILES string of the molecule is CC(NC=O)[C@@H](C)CCCN=N. The highest BCUT2D eigenvalue weighted by Gasteiger charge is 2.09. The normalized spacial score (nSPS) is 14.8. The van der Waals surface area contributed by atoms with Crippen LogP contribution in [0.4, 0.5) is 0 Å². The van der Waals surface area contributed by atoms with Gasteiger partial charge in [-0.1, -0.05) is 6.92 Å². The lowest BCUT2D eigenvalue weighted by Gasteiger charge is -2.18. The molecule has 0 aliphatic heterocycles. The first-order valence-corrected chi connectivity index (χ1v) is 4.25. The molecule has 4 nitrogen and oxygen atoms in total. The number of hydrogen-bond donors (Lipinski definition) is 2. The molecular formula is C8H17N3O. The molecule has 0 saturated carbocycles. The molecule has 70 valence electrons. The fourth-order valence-corrected chi connectivity index (χ4v) is 1.01. The van der Waals surface area contributed by atoms with E-state index in [9.17, 15) is 4.79 Å². The summed E-state index contributed by atoms with van der Waals surface area (Å²) < 4.78 is 0. The Kier molecular flexibility index (Phi) is 6.24. The van der Waals surface area contributed by atoms with Crippen LogP contribution in [0.15, 0.2) is 5.11 Å². The number of amides is 1. The summed E-state index contributed by atoms with van der Waals surface area (Å²) >= 11 is 0.